The van der Waals surface area contributed by atoms with Gasteiger partial charge in [0.1, 0.15) is 11.6 Å². The molecule has 4 heteroatoms. The van der Waals surface area contributed by atoms with Crippen LogP contribution < -0.4 is 0 Å². The van der Waals surface area contributed by atoms with Crippen molar-refractivity contribution < 1.29 is 4.39 Å². The number of halogens is 1. The number of aromatic nitrogens is 3. The quantitative estimate of drug-likeness (QED) is 0.723. The zero-order valence-electron chi connectivity index (χ0n) is 11.7. The molecule has 0 aliphatic rings. The van der Waals surface area contributed by atoms with Crippen LogP contribution in [0.1, 0.15) is 26.3 Å². The lowest BCUT2D eigenvalue weighted by atomic mass is 9.87. The third-order valence-electron chi connectivity index (χ3n) is 3.33. The average Bonchev–Trinajstić information content (AvgIpc) is 2.80. The molecule has 0 amide bonds. The highest BCUT2D eigenvalue weighted by atomic mass is 19.1. The normalized spacial score (nSPS) is 12.0. The summed E-state index contributed by atoms with van der Waals surface area (Å²) in [6.07, 6.45) is 1.18. The third kappa shape index (κ3) is 2.29. The fourth-order valence-corrected chi connectivity index (χ4v) is 2.14. The number of fused-ring (bicyclic) bond motifs is 1. The molecule has 20 heavy (non-hydrogen) atoms. The van der Waals surface area contributed by atoms with Crippen molar-refractivity contribution in [3.05, 3.63) is 47.9 Å². The van der Waals surface area contributed by atoms with Gasteiger partial charge in [0.15, 0.2) is 5.65 Å². The molecule has 0 spiro atoms. The number of H-pyrrole nitrogens is 1. The molecule has 0 saturated heterocycles. The molecule has 0 aliphatic heterocycles. The van der Waals surface area contributed by atoms with Crippen LogP contribution in [0.15, 0.2) is 36.5 Å². The Kier molecular flexibility index (Phi) is 2.82. The van der Waals surface area contributed by atoms with Gasteiger partial charge >= 0.3 is 0 Å². The molecule has 0 saturated carbocycles. The second kappa shape index (κ2) is 4.40. The van der Waals surface area contributed by atoms with Gasteiger partial charge in [-0.25, -0.2) is 14.4 Å². The first-order chi connectivity index (χ1) is 9.43. The number of rotatable bonds is 1. The van der Waals surface area contributed by atoms with Crippen molar-refractivity contribution in [3.8, 4) is 11.4 Å². The molecular formula is C16H16FN3. The molecule has 3 aromatic rings. The number of pyridine rings is 1. The summed E-state index contributed by atoms with van der Waals surface area (Å²) in [5, 5.41) is 0. The number of hydrogen-bond donors (Lipinski definition) is 1. The van der Waals surface area contributed by atoms with Crippen LogP contribution in [0, 0.1) is 5.82 Å². The lowest BCUT2D eigenvalue weighted by Gasteiger charge is -2.18. The predicted molar refractivity (Wildman–Crippen MR) is 78.0 cm³/mol. The van der Waals surface area contributed by atoms with E-state index < -0.39 is 0 Å². The SMILES string of the molecule is CC(C)(C)c1ccc(-c2nc3ncc(F)cc3[nH]2)cc1. The lowest BCUT2D eigenvalue weighted by molar-refractivity contribution is 0.590. The van der Waals surface area contributed by atoms with Crippen molar-refractivity contribution in [1.82, 2.24) is 15.0 Å². The highest BCUT2D eigenvalue weighted by Gasteiger charge is 2.14. The monoisotopic (exact) mass is 269 g/mol. The van der Waals surface area contributed by atoms with Gasteiger partial charge in [-0.2, -0.15) is 0 Å². The first kappa shape index (κ1) is 12.8. The lowest BCUT2D eigenvalue weighted by Crippen LogP contribution is -2.10. The van der Waals surface area contributed by atoms with Gasteiger partial charge in [0, 0.05) is 11.6 Å². The van der Waals surface area contributed by atoms with E-state index >= 15 is 0 Å². The van der Waals surface area contributed by atoms with E-state index in [4.69, 9.17) is 0 Å². The Hall–Kier alpha value is -2.23. The van der Waals surface area contributed by atoms with Gasteiger partial charge < -0.3 is 4.98 Å². The van der Waals surface area contributed by atoms with E-state index in [1.807, 2.05) is 12.1 Å². The molecule has 2 heterocycles. The van der Waals surface area contributed by atoms with Crippen molar-refractivity contribution in [1.29, 1.82) is 0 Å². The highest BCUT2D eigenvalue weighted by molar-refractivity contribution is 5.75. The number of hydrogen-bond acceptors (Lipinski definition) is 2. The minimum atomic E-state index is -0.365. The summed E-state index contributed by atoms with van der Waals surface area (Å²) in [7, 11) is 0. The highest BCUT2D eigenvalue weighted by Crippen LogP contribution is 2.25. The van der Waals surface area contributed by atoms with Crippen LogP contribution in [0.4, 0.5) is 4.39 Å². The Balaban J connectivity index is 2.02. The minimum Gasteiger partial charge on any atom is -0.336 e. The van der Waals surface area contributed by atoms with Crippen molar-refractivity contribution in [2.75, 3.05) is 0 Å². The smallest absolute Gasteiger partial charge is 0.178 e. The molecule has 3 rings (SSSR count). The fourth-order valence-electron chi connectivity index (χ4n) is 2.14. The van der Waals surface area contributed by atoms with Crippen LogP contribution in [-0.2, 0) is 5.41 Å². The van der Waals surface area contributed by atoms with Crippen LogP contribution in [0.3, 0.4) is 0 Å². The number of aromatic amines is 1. The average molecular weight is 269 g/mol. The summed E-state index contributed by atoms with van der Waals surface area (Å²) >= 11 is 0. The van der Waals surface area contributed by atoms with Gasteiger partial charge in [-0.1, -0.05) is 45.0 Å². The van der Waals surface area contributed by atoms with Crippen molar-refractivity contribution in [2.45, 2.75) is 26.2 Å². The van der Waals surface area contributed by atoms with E-state index in [0.29, 0.717) is 17.0 Å². The van der Waals surface area contributed by atoms with Gasteiger partial charge in [-0.15, -0.1) is 0 Å². The van der Waals surface area contributed by atoms with Crippen molar-refractivity contribution >= 4 is 11.2 Å². The summed E-state index contributed by atoms with van der Waals surface area (Å²) in [6.45, 7) is 6.53. The Morgan fingerprint density at radius 2 is 1.80 bits per heavy atom. The predicted octanol–water partition coefficient (Wildman–Crippen LogP) is 4.06. The molecule has 0 fully saturated rings. The molecule has 1 aromatic carbocycles. The van der Waals surface area contributed by atoms with Gasteiger partial charge in [-0.3, -0.25) is 0 Å². The zero-order chi connectivity index (χ0) is 14.3. The van der Waals surface area contributed by atoms with E-state index in [1.54, 1.807) is 0 Å². The summed E-state index contributed by atoms with van der Waals surface area (Å²) < 4.78 is 13.1. The van der Waals surface area contributed by atoms with Gasteiger partial charge in [0.25, 0.3) is 0 Å². The summed E-state index contributed by atoms with van der Waals surface area (Å²) in [6, 6.07) is 9.64. The number of nitrogens with one attached hydrogen (secondary N) is 1. The van der Waals surface area contributed by atoms with Crippen molar-refractivity contribution in [2.24, 2.45) is 0 Å². The maximum atomic E-state index is 13.1. The van der Waals surface area contributed by atoms with E-state index in [1.165, 1.54) is 17.8 Å². The van der Waals surface area contributed by atoms with E-state index in [0.717, 1.165) is 5.56 Å². The molecule has 2 aromatic heterocycles. The van der Waals surface area contributed by atoms with Crippen LogP contribution in [0.25, 0.3) is 22.6 Å². The minimum absolute atomic E-state index is 0.122. The fraction of sp³-hybridized carbons (Fsp3) is 0.250. The van der Waals surface area contributed by atoms with E-state index in [2.05, 4.69) is 47.9 Å². The molecule has 0 radical (unpaired) electrons. The first-order valence-electron chi connectivity index (χ1n) is 6.56. The Morgan fingerprint density at radius 3 is 2.45 bits per heavy atom. The Bertz CT molecular complexity index is 751. The topological polar surface area (TPSA) is 41.6 Å². The van der Waals surface area contributed by atoms with Crippen LogP contribution >= 0.6 is 0 Å². The standard InChI is InChI=1S/C16H16FN3/c1-16(2,3)11-6-4-10(5-7-11)14-19-13-8-12(17)9-18-15(13)20-14/h4-9H,1-3H3,(H,18,19,20). The Labute approximate surface area is 116 Å². The first-order valence-corrected chi connectivity index (χ1v) is 6.56. The van der Waals surface area contributed by atoms with Crippen LogP contribution in [-0.4, -0.2) is 15.0 Å². The molecule has 0 atom stereocenters. The van der Waals surface area contributed by atoms with E-state index in [9.17, 15) is 4.39 Å². The molecular weight excluding hydrogens is 253 g/mol. The summed E-state index contributed by atoms with van der Waals surface area (Å²) in [5.41, 5.74) is 3.50. The Morgan fingerprint density at radius 1 is 1.10 bits per heavy atom. The number of benzene rings is 1. The zero-order valence-corrected chi connectivity index (χ0v) is 11.7. The number of nitrogens with zero attached hydrogens (tertiary/aromatic N) is 2. The molecule has 0 aliphatic carbocycles. The summed E-state index contributed by atoms with van der Waals surface area (Å²) in [5.74, 6) is 0.342. The van der Waals surface area contributed by atoms with E-state index in [-0.39, 0.29) is 11.2 Å². The number of imidazole rings is 1. The van der Waals surface area contributed by atoms with Crippen LogP contribution in [0.2, 0.25) is 0 Å². The van der Waals surface area contributed by atoms with Crippen molar-refractivity contribution in [3.63, 3.8) is 0 Å². The molecule has 1 N–H and O–H groups in total. The maximum absolute atomic E-state index is 13.1. The second-order valence-electron chi connectivity index (χ2n) is 5.94. The maximum Gasteiger partial charge on any atom is 0.178 e. The third-order valence-corrected chi connectivity index (χ3v) is 3.33. The molecule has 3 nitrogen and oxygen atoms in total. The largest absolute Gasteiger partial charge is 0.336 e. The second-order valence-corrected chi connectivity index (χ2v) is 5.94. The van der Waals surface area contributed by atoms with Gasteiger partial charge in [0.05, 0.1) is 11.7 Å². The van der Waals surface area contributed by atoms with Crippen LogP contribution in [0.5, 0.6) is 0 Å². The summed E-state index contributed by atoms with van der Waals surface area (Å²) in [4.78, 5) is 11.4. The van der Waals surface area contributed by atoms with Gasteiger partial charge in [0.2, 0.25) is 0 Å². The molecule has 0 bridgehead atoms. The van der Waals surface area contributed by atoms with Gasteiger partial charge in [-0.05, 0) is 11.0 Å². The molecule has 102 valence electrons. The molecule has 0 unspecified atom stereocenters.